The minimum absolute atomic E-state index is 0.0933. The van der Waals surface area contributed by atoms with Crippen LogP contribution in [0.25, 0.3) is 22.5 Å². The van der Waals surface area contributed by atoms with Crippen molar-refractivity contribution in [1.29, 1.82) is 0 Å². The van der Waals surface area contributed by atoms with E-state index in [-0.39, 0.29) is 35.8 Å². The quantitative estimate of drug-likeness (QED) is 0.101. The van der Waals surface area contributed by atoms with E-state index in [2.05, 4.69) is 41.9 Å². The number of anilines is 1. The number of aromatic amines is 1. The fraction of sp³-hybridized carbons (Fsp3) is 0.478. The lowest BCUT2D eigenvalue weighted by atomic mass is 9.81. The topological polar surface area (TPSA) is 210 Å². The van der Waals surface area contributed by atoms with Gasteiger partial charge in [-0.2, -0.15) is 5.21 Å². The largest absolute Gasteiger partial charge is 0.444 e. The lowest BCUT2D eigenvalue weighted by Crippen LogP contribution is -2.48. The molecule has 0 unspecified atom stereocenters. The van der Waals surface area contributed by atoms with Crippen molar-refractivity contribution in [2.24, 2.45) is 11.8 Å². The second-order valence-corrected chi connectivity index (χ2v) is 18.3. The Labute approximate surface area is 366 Å². The molecule has 4 aromatic rings. The Morgan fingerprint density at radius 2 is 1.44 bits per heavy atom. The van der Waals surface area contributed by atoms with Gasteiger partial charge in [-0.1, -0.05) is 30.3 Å². The SMILES string of the molecule is CC(C)(C)OC(=O)NCC1CCC(C(=O)N[C@@H](Cc2ccc(-c3ccc(F)c(C(=O)NC4CCN(C(=O)OC(C)(C)C)CC4)c3)cc2)C(=O)Nc2ccc(-c3nn[nH]n3)cc2)CC1. The van der Waals surface area contributed by atoms with Gasteiger partial charge in [0, 0.05) is 49.3 Å². The molecule has 1 saturated heterocycles. The number of tetrazole rings is 1. The number of ether oxygens (including phenoxy) is 2. The van der Waals surface area contributed by atoms with Crippen LogP contribution in [0.3, 0.4) is 0 Å². The van der Waals surface area contributed by atoms with Crippen molar-refractivity contribution < 1.29 is 37.8 Å². The number of H-pyrrole nitrogens is 1. The van der Waals surface area contributed by atoms with E-state index in [4.69, 9.17) is 9.47 Å². The van der Waals surface area contributed by atoms with Crippen molar-refractivity contribution in [3.05, 3.63) is 83.7 Å². The van der Waals surface area contributed by atoms with Gasteiger partial charge in [0.25, 0.3) is 5.91 Å². The summed E-state index contributed by atoms with van der Waals surface area (Å²) in [5.74, 6) is -1.50. The van der Waals surface area contributed by atoms with Crippen LogP contribution in [0, 0.1) is 17.7 Å². The molecule has 16 nitrogen and oxygen atoms in total. The molecule has 5 amide bonds. The number of nitrogens with one attached hydrogen (secondary N) is 5. The standard InChI is InChI=1S/C46H58FN9O7/c1-45(2,3)62-43(60)48-27-29-9-13-32(14-10-29)40(57)51-38(42(59)50-34-18-15-31(16-19-34)39-52-54-55-53-39)25-28-7-11-30(12-8-28)33-17-20-37(47)36(26-33)41(58)49-35-21-23-56(24-22-35)44(61)63-46(4,5)6/h7-8,11-12,15-20,26,29,32,35,38H,9-10,13-14,21-25,27H2,1-6H3,(H,48,60)(H,49,58)(H,50,59)(H,51,57)(H,52,53,54,55)/t29?,32?,38-/m0/s1. The predicted octanol–water partition coefficient (Wildman–Crippen LogP) is 6.80. The summed E-state index contributed by atoms with van der Waals surface area (Å²) in [4.78, 5) is 67.2. The summed E-state index contributed by atoms with van der Waals surface area (Å²) in [5, 5.41) is 25.7. The van der Waals surface area contributed by atoms with Gasteiger partial charge in [-0.15, -0.1) is 10.2 Å². The zero-order valence-electron chi connectivity index (χ0n) is 36.8. The van der Waals surface area contributed by atoms with Crippen LogP contribution in [0.4, 0.5) is 19.7 Å². The fourth-order valence-electron chi connectivity index (χ4n) is 7.63. The minimum Gasteiger partial charge on any atom is -0.444 e. The van der Waals surface area contributed by atoms with Crippen LogP contribution >= 0.6 is 0 Å². The first-order valence-electron chi connectivity index (χ1n) is 21.5. The Bertz CT molecular complexity index is 2210. The summed E-state index contributed by atoms with van der Waals surface area (Å²) >= 11 is 0. The normalized spacial score (nSPS) is 17.5. The van der Waals surface area contributed by atoms with Crippen LogP contribution in [-0.4, -0.2) is 98.4 Å². The number of nitrogens with zero attached hydrogens (tertiary/aromatic N) is 4. The van der Waals surface area contributed by atoms with E-state index in [1.807, 2.05) is 65.8 Å². The number of likely N-dealkylation sites (tertiary alicyclic amines) is 1. The first-order chi connectivity index (χ1) is 29.9. The molecule has 2 aliphatic rings. The summed E-state index contributed by atoms with van der Waals surface area (Å²) in [7, 11) is 0. The number of alkyl carbamates (subject to hydrolysis) is 1. The lowest BCUT2D eigenvalue weighted by molar-refractivity contribution is -0.130. The van der Waals surface area contributed by atoms with Gasteiger partial charge in [0.05, 0.1) is 5.56 Å². The maximum absolute atomic E-state index is 15.1. The van der Waals surface area contributed by atoms with Crippen LogP contribution in [0.1, 0.15) is 96.0 Å². The third kappa shape index (κ3) is 13.5. The second-order valence-electron chi connectivity index (χ2n) is 18.3. The van der Waals surface area contributed by atoms with Crippen LogP contribution in [0.2, 0.25) is 0 Å². The van der Waals surface area contributed by atoms with Crippen LogP contribution in [0.15, 0.2) is 66.7 Å². The highest BCUT2D eigenvalue weighted by Crippen LogP contribution is 2.30. The van der Waals surface area contributed by atoms with Gasteiger partial charge in [-0.3, -0.25) is 14.4 Å². The molecule has 0 spiro atoms. The van der Waals surface area contributed by atoms with Crippen LogP contribution in [0.5, 0.6) is 0 Å². The number of benzene rings is 3. The Morgan fingerprint density at radius 1 is 0.810 bits per heavy atom. The molecule has 1 aromatic heterocycles. The van der Waals surface area contributed by atoms with Crippen molar-refractivity contribution >= 4 is 35.6 Å². The summed E-state index contributed by atoms with van der Waals surface area (Å²) in [6, 6.07) is 17.5. The highest BCUT2D eigenvalue weighted by molar-refractivity contribution is 5.98. The van der Waals surface area contributed by atoms with E-state index >= 15 is 4.39 Å². The monoisotopic (exact) mass is 867 g/mol. The number of rotatable bonds is 12. The molecule has 2 fully saturated rings. The summed E-state index contributed by atoms with van der Waals surface area (Å²) in [6.07, 6.45) is 3.03. The van der Waals surface area contributed by atoms with Gasteiger partial charge < -0.3 is 35.6 Å². The smallest absolute Gasteiger partial charge is 0.410 e. The lowest BCUT2D eigenvalue weighted by Gasteiger charge is -2.33. The maximum atomic E-state index is 15.1. The minimum atomic E-state index is -0.927. The molecule has 63 heavy (non-hydrogen) atoms. The van der Waals surface area contributed by atoms with E-state index in [0.29, 0.717) is 68.0 Å². The maximum Gasteiger partial charge on any atom is 0.410 e. The number of carbonyl (C=O) groups is 5. The van der Waals surface area contributed by atoms with E-state index in [1.54, 1.807) is 35.2 Å². The predicted molar refractivity (Wildman–Crippen MR) is 234 cm³/mol. The summed E-state index contributed by atoms with van der Waals surface area (Å²) in [6.45, 7) is 12.1. The van der Waals surface area contributed by atoms with E-state index < -0.39 is 47.1 Å². The number of amides is 5. The average Bonchev–Trinajstić information content (AvgIpc) is 3.78. The van der Waals surface area contributed by atoms with E-state index in [0.717, 1.165) is 24.0 Å². The van der Waals surface area contributed by atoms with E-state index in [1.165, 1.54) is 12.1 Å². The Balaban J connectivity index is 1.09. The molecule has 1 aliphatic carbocycles. The highest BCUT2D eigenvalue weighted by Gasteiger charge is 2.31. The number of hydrogen-bond donors (Lipinski definition) is 5. The third-order valence-electron chi connectivity index (χ3n) is 11.0. The number of hydrogen-bond acceptors (Lipinski definition) is 10. The molecular weight excluding hydrogens is 810 g/mol. The molecule has 3 aromatic carbocycles. The molecule has 1 saturated carbocycles. The number of aromatic nitrogens is 4. The Hall–Kier alpha value is -6.39. The van der Waals surface area contributed by atoms with Crippen molar-refractivity contribution in [2.45, 2.75) is 110 Å². The highest BCUT2D eigenvalue weighted by atomic mass is 19.1. The Morgan fingerprint density at radius 3 is 2.06 bits per heavy atom. The average molecular weight is 868 g/mol. The fourth-order valence-corrected chi connectivity index (χ4v) is 7.63. The molecule has 2 heterocycles. The number of halogens is 1. The van der Waals surface area contributed by atoms with Crippen molar-refractivity contribution in [3.63, 3.8) is 0 Å². The third-order valence-corrected chi connectivity index (χ3v) is 11.0. The van der Waals surface area contributed by atoms with Gasteiger partial charge in [0.2, 0.25) is 17.6 Å². The molecular formula is C46H58FN9O7. The van der Waals surface area contributed by atoms with Crippen LogP contribution < -0.4 is 21.3 Å². The summed E-state index contributed by atoms with van der Waals surface area (Å²) in [5.41, 5.74) is 2.03. The zero-order valence-corrected chi connectivity index (χ0v) is 36.8. The van der Waals surface area contributed by atoms with Crippen molar-refractivity contribution in [1.82, 2.24) is 41.5 Å². The van der Waals surface area contributed by atoms with Gasteiger partial charge in [-0.05, 0) is 144 Å². The first-order valence-corrected chi connectivity index (χ1v) is 21.5. The number of carbonyl (C=O) groups excluding carboxylic acids is 5. The molecule has 0 radical (unpaired) electrons. The molecule has 6 rings (SSSR count). The second kappa shape index (κ2) is 20.2. The molecule has 1 aliphatic heterocycles. The molecule has 1 atom stereocenters. The van der Waals surface area contributed by atoms with Gasteiger partial charge >= 0.3 is 12.2 Å². The van der Waals surface area contributed by atoms with Gasteiger partial charge in [-0.25, -0.2) is 14.0 Å². The van der Waals surface area contributed by atoms with Crippen molar-refractivity contribution in [3.8, 4) is 22.5 Å². The zero-order chi connectivity index (χ0) is 45.3. The first kappa shape index (κ1) is 46.1. The molecule has 0 bridgehead atoms. The number of piperidine rings is 1. The van der Waals surface area contributed by atoms with Crippen molar-refractivity contribution in [2.75, 3.05) is 25.0 Å². The van der Waals surface area contributed by atoms with E-state index in [9.17, 15) is 24.0 Å². The molecule has 336 valence electrons. The molecule has 17 heteroatoms. The summed E-state index contributed by atoms with van der Waals surface area (Å²) < 4.78 is 25.9. The Kier molecular flexibility index (Phi) is 14.8. The van der Waals surface area contributed by atoms with Gasteiger partial charge in [0.15, 0.2) is 0 Å². The van der Waals surface area contributed by atoms with Crippen LogP contribution in [-0.2, 0) is 25.5 Å². The molecule has 5 N–H and O–H groups in total. The van der Waals surface area contributed by atoms with Gasteiger partial charge in [0.1, 0.15) is 23.1 Å².